The second-order valence-electron chi connectivity index (χ2n) is 6.94. The number of hydrogen-bond donors (Lipinski definition) is 1. The third-order valence-corrected chi connectivity index (χ3v) is 6.92. The zero-order chi connectivity index (χ0) is 19.7. The number of hydrogen-bond acceptors (Lipinski definition) is 6. The highest BCUT2D eigenvalue weighted by atomic mass is 32.2. The van der Waals surface area contributed by atoms with Gasteiger partial charge in [0.25, 0.3) is 0 Å². The summed E-state index contributed by atoms with van der Waals surface area (Å²) in [5.74, 6) is 1.00. The van der Waals surface area contributed by atoms with E-state index in [0.29, 0.717) is 17.0 Å². The van der Waals surface area contributed by atoms with Gasteiger partial charge in [-0.05, 0) is 62.4 Å². The number of carbonyl (C=O) groups is 2. The highest BCUT2D eigenvalue weighted by Crippen LogP contribution is 2.39. The van der Waals surface area contributed by atoms with Crippen LogP contribution in [0.5, 0.6) is 0 Å². The SMILES string of the molecule is CC(=O)Nc1ccc(C(=O)CSc2nc(C)nc3sc4c(c23)CCCC4)cc1. The van der Waals surface area contributed by atoms with E-state index >= 15 is 0 Å². The molecule has 0 bridgehead atoms. The van der Waals surface area contributed by atoms with E-state index in [4.69, 9.17) is 0 Å². The molecular formula is C21H21N3O2S2. The number of ketones is 1. The van der Waals surface area contributed by atoms with E-state index in [-0.39, 0.29) is 11.7 Å². The van der Waals surface area contributed by atoms with Crippen LogP contribution in [0.15, 0.2) is 29.3 Å². The summed E-state index contributed by atoms with van der Waals surface area (Å²) in [6, 6.07) is 7.01. The van der Waals surface area contributed by atoms with Gasteiger partial charge in [-0.2, -0.15) is 0 Å². The van der Waals surface area contributed by atoms with Crippen LogP contribution in [0.3, 0.4) is 0 Å². The summed E-state index contributed by atoms with van der Waals surface area (Å²) in [4.78, 5) is 35.5. The quantitative estimate of drug-likeness (QED) is 0.370. The fraction of sp³-hybridized carbons (Fsp3) is 0.333. The summed E-state index contributed by atoms with van der Waals surface area (Å²) in [5, 5.41) is 4.79. The number of anilines is 1. The van der Waals surface area contributed by atoms with Gasteiger partial charge in [0.1, 0.15) is 15.7 Å². The Labute approximate surface area is 172 Å². The first-order chi connectivity index (χ1) is 13.5. The van der Waals surface area contributed by atoms with Crippen molar-refractivity contribution in [2.24, 2.45) is 0 Å². The van der Waals surface area contributed by atoms with Crippen LogP contribution in [0.4, 0.5) is 5.69 Å². The molecule has 1 amide bonds. The fourth-order valence-electron chi connectivity index (χ4n) is 3.49. The summed E-state index contributed by atoms with van der Waals surface area (Å²) in [6.07, 6.45) is 4.64. The summed E-state index contributed by atoms with van der Waals surface area (Å²) < 4.78 is 0. The van der Waals surface area contributed by atoms with Crippen LogP contribution in [-0.2, 0) is 17.6 Å². The zero-order valence-electron chi connectivity index (χ0n) is 15.9. The lowest BCUT2D eigenvalue weighted by atomic mass is 9.97. The third kappa shape index (κ3) is 3.95. The Morgan fingerprint density at radius 1 is 1.14 bits per heavy atom. The van der Waals surface area contributed by atoms with Gasteiger partial charge in [-0.25, -0.2) is 9.97 Å². The fourth-order valence-corrected chi connectivity index (χ4v) is 5.86. The second-order valence-corrected chi connectivity index (χ2v) is 8.99. The molecule has 1 aromatic carbocycles. The first-order valence-corrected chi connectivity index (χ1v) is 11.1. The van der Waals surface area contributed by atoms with Gasteiger partial charge in [0.15, 0.2) is 5.78 Å². The molecule has 3 aromatic rings. The largest absolute Gasteiger partial charge is 0.326 e. The number of amides is 1. The molecule has 0 radical (unpaired) electrons. The van der Waals surface area contributed by atoms with E-state index in [1.54, 1.807) is 35.6 Å². The maximum atomic E-state index is 12.7. The smallest absolute Gasteiger partial charge is 0.221 e. The van der Waals surface area contributed by atoms with Gasteiger partial charge in [-0.1, -0.05) is 11.8 Å². The Kier molecular flexibility index (Phi) is 5.46. The van der Waals surface area contributed by atoms with Gasteiger partial charge < -0.3 is 5.32 Å². The zero-order valence-corrected chi connectivity index (χ0v) is 17.5. The molecule has 5 nitrogen and oxygen atoms in total. The molecule has 1 aliphatic rings. The maximum absolute atomic E-state index is 12.7. The number of thioether (sulfide) groups is 1. The van der Waals surface area contributed by atoms with Crippen LogP contribution >= 0.6 is 23.1 Å². The molecule has 0 unspecified atom stereocenters. The van der Waals surface area contributed by atoms with Crippen molar-refractivity contribution in [2.45, 2.75) is 44.6 Å². The van der Waals surface area contributed by atoms with Gasteiger partial charge in [0.2, 0.25) is 5.91 Å². The Bertz CT molecular complexity index is 1060. The lowest BCUT2D eigenvalue weighted by Crippen LogP contribution is -2.07. The lowest BCUT2D eigenvalue weighted by Gasteiger charge is -2.11. The van der Waals surface area contributed by atoms with Gasteiger partial charge in [-0.15, -0.1) is 11.3 Å². The third-order valence-electron chi connectivity index (χ3n) is 4.76. The van der Waals surface area contributed by atoms with Crippen molar-refractivity contribution in [2.75, 3.05) is 11.1 Å². The molecule has 0 atom stereocenters. The molecule has 4 rings (SSSR count). The highest BCUT2D eigenvalue weighted by Gasteiger charge is 2.21. The summed E-state index contributed by atoms with van der Waals surface area (Å²) in [5.41, 5.74) is 2.71. The number of nitrogens with one attached hydrogen (secondary N) is 1. The standard InChI is InChI=1S/C21H21N3O2S2/c1-12-22-20(19-16-5-3-4-6-18(16)28-21(19)23-12)27-11-17(26)14-7-9-15(10-8-14)24-13(2)25/h7-10H,3-6,11H2,1-2H3,(H,24,25). The minimum absolute atomic E-state index is 0.0490. The number of rotatable bonds is 5. The van der Waals surface area contributed by atoms with Crippen LogP contribution < -0.4 is 5.32 Å². The Balaban J connectivity index is 1.54. The van der Waals surface area contributed by atoms with E-state index in [2.05, 4.69) is 15.3 Å². The Morgan fingerprint density at radius 2 is 1.89 bits per heavy atom. The topological polar surface area (TPSA) is 72.0 Å². The number of nitrogens with zero attached hydrogens (tertiary/aromatic N) is 2. The number of thiophene rings is 1. The average molecular weight is 412 g/mol. The number of Topliss-reactive ketones (excluding diaryl/α,β-unsaturated/α-hetero) is 1. The van der Waals surface area contributed by atoms with Crippen molar-refractivity contribution in [3.63, 3.8) is 0 Å². The molecular weight excluding hydrogens is 390 g/mol. The lowest BCUT2D eigenvalue weighted by molar-refractivity contribution is -0.114. The normalized spacial score (nSPS) is 13.4. The van der Waals surface area contributed by atoms with Crippen LogP contribution in [0.2, 0.25) is 0 Å². The summed E-state index contributed by atoms with van der Waals surface area (Å²) in [6.45, 7) is 3.37. The molecule has 1 aliphatic carbocycles. The van der Waals surface area contributed by atoms with E-state index in [9.17, 15) is 9.59 Å². The number of benzene rings is 1. The van der Waals surface area contributed by atoms with Crippen LogP contribution in [-0.4, -0.2) is 27.4 Å². The first kappa shape index (κ1) is 19.1. The monoisotopic (exact) mass is 411 g/mol. The van der Waals surface area contributed by atoms with E-state index in [0.717, 1.165) is 33.9 Å². The molecule has 0 saturated carbocycles. The number of carbonyl (C=O) groups excluding carboxylic acids is 2. The molecule has 0 fully saturated rings. The number of aryl methyl sites for hydroxylation is 3. The molecule has 28 heavy (non-hydrogen) atoms. The van der Waals surface area contributed by atoms with Crippen molar-refractivity contribution in [1.82, 2.24) is 9.97 Å². The van der Waals surface area contributed by atoms with Crippen LogP contribution in [0.1, 0.15) is 46.4 Å². The van der Waals surface area contributed by atoms with Gasteiger partial charge >= 0.3 is 0 Å². The predicted molar refractivity (Wildman–Crippen MR) is 115 cm³/mol. The van der Waals surface area contributed by atoms with E-state index in [1.165, 1.54) is 42.0 Å². The van der Waals surface area contributed by atoms with E-state index in [1.807, 2.05) is 6.92 Å². The van der Waals surface area contributed by atoms with Crippen molar-refractivity contribution >= 4 is 50.7 Å². The van der Waals surface area contributed by atoms with Crippen molar-refractivity contribution in [1.29, 1.82) is 0 Å². The predicted octanol–water partition coefficient (Wildman–Crippen LogP) is 4.81. The molecule has 2 heterocycles. The van der Waals surface area contributed by atoms with Crippen LogP contribution in [0.25, 0.3) is 10.2 Å². The maximum Gasteiger partial charge on any atom is 0.221 e. The van der Waals surface area contributed by atoms with Crippen LogP contribution in [0, 0.1) is 6.92 Å². The minimum Gasteiger partial charge on any atom is -0.326 e. The highest BCUT2D eigenvalue weighted by molar-refractivity contribution is 8.00. The average Bonchev–Trinajstić information content (AvgIpc) is 3.04. The molecule has 0 spiro atoms. The molecule has 144 valence electrons. The van der Waals surface area contributed by atoms with Crippen molar-refractivity contribution in [3.8, 4) is 0 Å². The Hall–Kier alpha value is -2.25. The van der Waals surface area contributed by atoms with Crippen molar-refractivity contribution < 1.29 is 9.59 Å². The first-order valence-electron chi connectivity index (χ1n) is 9.34. The summed E-state index contributed by atoms with van der Waals surface area (Å²) in [7, 11) is 0. The van der Waals surface area contributed by atoms with Gasteiger partial charge in [-0.3, -0.25) is 9.59 Å². The molecule has 2 aromatic heterocycles. The van der Waals surface area contributed by atoms with E-state index < -0.39 is 0 Å². The summed E-state index contributed by atoms with van der Waals surface area (Å²) >= 11 is 3.28. The molecule has 1 N–H and O–H groups in total. The number of aromatic nitrogens is 2. The molecule has 0 aliphatic heterocycles. The second kappa shape index (κ2) is 8.01. The molecule has 7 heteroatoms. The Morgan fingerprint density at radius 3 is 2.64 bits per heavy atom. The van der Waals surface area contributed by atoms with Crippen molar-refractivity contribution in [3.05, 3.63) is 46.1 Å². The molecule has 0 saturated heterocycles. The van der Waals surface area contributed by atoms with Gasteiger partial charge in [0, 0.05) is 28.4 Å². The van der Waals surface area contributed by atoms with Gasteiger partial charge in [0.05, 0.1) is 5.75 Å². The minimum atomic E-state index is -0.128. The number of fused-ring (bicyclic) bond motifs is 3.